The topological polar surface area (TPSA) is 142 Å². The molecule has 3 N–H and O–H groups in total. The van der Waals surface area contributed by atoms with E-state index in [0.29, 0.717) is 57.4 Å². The first-order valence-electron chi connectivity index (χ1n) is 15.3. The van der Waals surface area contributed by atoms with Crippen molar-refractivity contribution in [1.29, 1.82) is 0 Å². The molecule has 2 fully saturated rings. The molecule has 1 saturated heterocycles. The van der Waals surface area contributed by atoms with Gasteiger partial charge < -0.3 is 25.6 Å². The van der Waals surface area contributed by atoms with E-state index < -0.39 is 11.1 Å². The molecule has 0 bridgehead atoms. The van der Waals surface area contributed by atoms with Crippen molar-refractivity contribution < 1.29 is 19.1 Å². The maximum Gasteiger partial charge on any atom is 0.272 e. The summed E-state index contributed by atoms with van der Waals surface area (Å²) < 4.78 is 5.88. The van der Waals surface area contributed by atoms with Crippen LogP contribution in [-0.2, 0) is 4.79 Å². The van der Waals surface area contributed by atoms with E-state index in [9.17, 15) is 14.4 Å². The monoisotopic (exact) mass is 628 g/mol. The van der Waals surface area contributed by atoms with E-state index in [1.807, 2.05) is 53.6 Å². The van der Waals surface area contributed by atoms with Crippen molar-refractivity contribution in [1.82, 2.24) is 30.3 Å². The van der Waals surface area contributed by atoms with Crippen LogP contribution in [0.5, 0.6) is 5.75 Å². The number of nitrogens with one attached hydrogen (secondary N) is 3. The van der Waals surface area contributed by atoms with Gasteiger partial charge in [-0.05, 0) is 51.0 Å². The van der Waals surface area contributed by atoms with E-state index in [2.05, 4.69) is 44.9 Å². The highest BCUT2D eigenvalue weighted by Gasteiger charge is 2.31. The number of amides is 3. The fraction of sp³-hybridized carbons (Fsp3) is 0.448. The van der Waals surface area contributed by atoms with Crippen LogP contribution in [0, 0.1) is 12.8 Å². The Labute approximate surface area is 270 Å². The minimum atomic E-state index is -0.508. The Hall–Kier alpha value is -3.91. The Morgan fingerprint density at radius 3 is 2.40 bits per heavy atom. The van der Waals surface area contributed by atoms with Gasteiger partial charge in [-0.15, -0.1) is 21.5 Å². The lowest BCUT2D eigenvalue weighted by Crippen LogP contribution is -2.50. The van der Waals surface area contributed by atoms with Gasteiger partial charge in [-0.1, -0.05) is 6.07 Å². The second kappa shape index (κ2) is 13.2. The van der Waals surface area contributed by atoms with Crippen LogP contribution in [0.25, 0.3) is 10.6 Å². The number of ether oxygens (including phenoxy) is 1. The average molecular weight is 628 g/mol. The molecule has 3 aromatic rings. The van der Waals surface area contributed by atoms with Gasteiger partial charge in [0.25, 0.3) is 11.8 Å². The lowest BCUT2D eigenvalue weighted by Gasteiger charge is -2.36. The Balaban J connectivity index is 1.44. The van der Waals surface area contributed by atoms with Crippen molar-refractivity contribution in [3.63, 3.8) is 0 Å². The minimum Gasteiger partial charge on any atom is -0.494 e. The molecule has 5 rings (SSSR count). The number of hydrogen-bond acceptors (Lipinski definition) is 10. The number of nitrogens with zero attached hydrogens (tertiary/aromatic N) is 5. The largest absolute Gasteiger partial charge is 0.494 e. The van der Waals surface area contributed by atoms with E-state index >= 15 is 0 Å². The van der Waals surface area contributed by atoms with Gasteiger partial charge in [0, 0.05) is 44.2 Å². The zero-order valence-corrected chi connectivity index (χ0v) is 27.8. The van der Waals surface area contributed by atoms with E-state index in [1.54, 1.807) is 13.2 Å². The average Bonchev–Trinajstić information content (AvgIpc) is 3.77. The van der Waals surface area contributed by atoms with E-state index in [1.165, 1.54) is 11.3 Å². The standard InChI is InChI=1S/C29H39B3N8O4S/c1-15(2)39-10-12-40(13-11-39)28(43)24-16(3)33-27(45-24)18-6-5-7-19(23(18)44-4)34-20-14-21(35-25(41)17-8-9-17)37-38-22(20)26(42)36-29(30,31)32/h5-7,14-15,17H,8-13,30-32H2,1-4H3,(H,36,42)(H2,34,35,37,41). The second-order valence-electron chi connectivity index (χ2n) is 12.8. The number of rotatable bonds is 10. The van der Waals surface area contributed by atoms with Gasteiger partial charge in [0.05, 0.1) is 29.7 Å². The van der Waals surface area contributed by atoms with Gasteiger partial charge >= 0.3 is 0 Å². The first-order valence-corrected chi connectivity index (χ1v) is 16.1. The third kappa shape index (κ3) is 7.67. The van der Waals surface area contributed by atoms with E-state index in [4.69, 9.17) is 9.72 Å². The second-order valence-corrected chi connectivity index (χ2v) is 13.8. The molecule has 3 amide bonds. The van der Waals surface area contributed by atoms with Crippen LogP contribution in [0.3, 0.4) is 0 Å². The van der Waals surface area contributed by atoms with Gasteiger partial charge in [-0.2, -0.15) is 0 Å². The number of piperazine rings is 1. The Morgan fingerprint density at radius 1 is 1.07 bits per heavy atom. The molecular weight excluding hydrogens is 589 g/mol. The van der Waals surface area contributed by atoms with Crippen LogP contribution in [-0.4, -0.2) is 111 Å². The number of para-hydroxylation sites is 1. The van der Waals surface area contributed by atoms with Crippen LogP contribution in [0.15, 0.2) is 24.3 Å². The lowest BCUT2D eigenvalue weighted by molar-refractivity contribution is -0.117. The van der Waals surface area contributed by atoms with Crippen LogP contribution in [0.2, 0.25) is 0 Å². The summed E-state index contributed by atoms with van der Waals surface area (Å²) in [7, 11) is 7.19. The fourth-order valence-corrected chi connectivity index (χ4v) is 6.21. The number of carbonyl (C=O) groups excluding carboxylic acids is 3. The Kier molecular flexibility index (Phi) is 9.54. The summed E-state index contributed by atoms with van der Waals surface area (Å²) in [6.07, 6.45) is 1.69. The highest BCUT2D eigenvalue weighted by Crippen LogP contribution is 2.41. The lowest BCUT2D eigenvalue weighted by atomic mass is 9.49. The smallest absolute Gasteiger partial charge is 0.272 e. The number of carbonyl (C=O) groups is 3. The number of anilines is 3. The van der Waals surface area contributed by atoms with Crippen molar-refractivity contribution in [2.75, 3.05) is 43.9 Å². The number of thiazole rings is 1. The van der Waals surface area contributed by atoms with E-state index in [-0.39, 0.29) is 29.2 Å². The Morgan fingerprint density at radius 2 is 1.78 bits per heavy atom. The zero-order chi connectivity index (χ0) is 32.5. The molecular formula is C29H39B3N8O4S. The van der Waals surface area contributed by atoms with Crippen LogP contribution in [0.4, 0.5) is 17.2 Å². The summed E-state index contributed by atoms with van der Waals surface area (Å²) in [5, 5.41) is 17.5. The molecule has 1 aromatic carbocycles. The molecule has 0 radical (unpaired) electrons. The molecule has 0 atom stereocenters. The van der Waals surface area contributed by atoms with Gasteiger partial charge in [0.2, 0.25) is 5.91 Å². The minimum absolute atomic E-state index is 0.00830. The molecule has 12 nitrogen and oxygen atoms in total. The predicted molar refractivity (Wildman–Crippen MR) is 184 cm³/mol. The van der Waals surface area contributed by atoms with Gasteiger partial charge in [0.15, 0.2) is 17.3 Å². The van der Waals surface area contributed by atoms with Gasteiger partial charge in [-0.3, -0.25) is 19.3 Å². The Bertz CT molecular complexity index is 1600. The summed E-state index contributed by atoms with van der Waals surface area (Å²) in [6.45, 7) is 9.26. The maximum absolute atomic E-state index is 13.5. The third-order valence-corrected chi connectivity index (χ3v) is 8.92. The van der Waals surface area contributed by atoms with Crippen molar-refractivity contribution in [3.8, 4) is 16.3 Å². The SMILES string of the molecule is BC(B)(B)NC(=O)c1nnc(NC(=O)C2CC2)cc1Nc1cccc(-c2nc(C)c(C(=O)N3CCN(C(C)C)CC3)s2)c1OC. The first kappa shape index (κ1) is 32.5. The molecule has 1 aliphatic heterocycles. The summed E-state index contributed by atoms with van der Waals surface area (Å²) in [4.78, 5) is 48.8. The molecule has 2 aliphatic rings. The molecule has 234 valence electrons. The van der Waals surface area contributed by atoms with Gasteiger partial charge in [-0.25, -0.2) is 4.98 Å². The molecule has 3 heterocycles. The molecule has 45 heavy (non-hydrogen) atoms. The predicted octanol–water partition coefficient (Wildman–Crippen LogP) is 0.416. The number of aromatic nitrogens is 3. The zero-order valence-electron chi connectivity index (χ0n) is 27.0. The molecule has 16 heteroatoms. The number of methoxy groups -OCH3 is 1. The molecule has 1 aliphatic carbocycles. The summed E-state index contributed by atoms with van der Waals surface area (Å²) in [5.74, 6) is 0.162. The highest BCUT2D eigenvalue weighted by molar-refractivity contribution is 7.17. The van der Waals surface area contributed by atoms with Crippen molar-refractivity contribution in [2.45, 2.75) is 44.9 Å². The van der Waals surface area contributed by atoms with E-state index in [0.717, 1.165) is 25.9 Å². The van der Waals surface area contributed by atoms with Crippen LogP contribution in [0.1, 0.15) is 52.5 Å². The summed E-state index contributed by atoms with van der Waals surface area (Å²) in [5.41, 5.74) is 2.33. The number of hydrogen-bond donors (Lipinski definition) is 3. The fourth-order valence-electron chi connectivity index (χ4n) is 5.15. The van der Waals surface area contributed by atoms with Crippen molar-refractivity contribution in [3.05, 3.63) is 40.5 Å². The molecule has 1 saturated carbocycles. The normalized spacial score (nSPS) is 15.5. The summed E-state index contributed by atoms with van der Waals surface area (Å²) in [6, 6.07) is 7.60. The van der Waals surface area contributed by atoms with Crippen molar-refractivity contribution >= 4 is 69.8 Å². The molecule has 2 aromatic heterocycles. The quantitative estimate of drug-likeness (QED) is 0.273. The highest BCUT2D eigenvalue weighted by atomic mass is 32.1. The maximum atomic E-state index is 13.5. The van der Waals surface area contributed by atoms with Gasteiger partial charge in [0.1, 0.15) is 33.4 Å². The number of benzene rings is 1. The molecule has 0 spiro atoms. The van der Waals surface area contributed by atoms with Crippen LogP contribution < -0.4 is 20.7 Å². The third-order valence-electron chi connectivity index (χ3n) is 7.74. The summed E-state index contributed by atoms with van der Waals surface area (Å²) >= 11 is 1.34. The van der Waals surface area contributed by atoms with Crippen LogP contribution >= 0.6 is 11.3 Å². The van der Waals surface area contributed by atoms with Crippen molar-refractivity contribution in [2.24, 2.45) is 5.92 Å². The molecule has 0 unspecified atom stereocenters. The first-order chi connectivity index (χ1) is 21.3. The number of aryl methyl sites for hydroxylation is 1.